The number of fused-ring (bicyclic) bond motifs is 4. The van der Waals surface area contributed by atoms with E-state index in [0.29, 0.717) is 17.5 Å². The van der Waals surface area contributed by atoms with Crippen LogP contribution in [0, 0.1) is 0 Å². The third kappa shape index (κ3) is 6.54. The molecule has 0 unspecified atom stereocenters. The molecule has 0 fully saturated rings. The lowest BCUT2D eigenvalue weighted by atomic mass is 9.88. The molecule has 0 aliphatic carbocycles. The van der Waals surface area contributed by atoms with Crippen molar-refractivity contribution < 1.29 is 0 Å². The van der Waals surface area contributed by atoms with Gasteiger partial charge in [-0.1, -0.05) is 166 Å². The zero-order valence-electron chi connectivity index (χ0n) is 32.4. The summed E-state index contributed by atoms with van der Waals surface area (Å²) in [6, 6.07) is 58.4. The molecule has 10 rings (SSSR count). The molecule has 0 saturated carbocycles. The van der Waals surface area contributed by atoms with Crippen molar-refractivity contribution >= 4 is 32.7 Å². The van der Waals surface area contributed by atoms with Crippen LogP contribution in [0.3, 0.4) is 0 Å². The van der Waals surface area contributed by atoms with Crippen molar-refractivity contribution in [3.8, 4) is 67.7 Å². The van der Waals surface area contributed by atoms with Crippen molar-refractivity contribution in [1.82, 2.24) is 29.9 Å². The molecule has 0 aliphatic heterocycles. The third-order valence-corrected chi connectivity index (χ3v) is 10.7. The largest absolute Gasteiger partial charge is 0.256 e. The van der Waals surface area contributed by atoms with Gasteiger partial charge in [-0.3, -0.25) is 4.98 Å². The molecule has 58 heavy (non-hydrogen) atoms. The second-order valence-corrected chi connectivity index (χ2v) is 15.6. The molecule has 0 saturated heterocycles. The maximum Gasteiger partial charge on any atom is 0.164 e. The van der Waals surface area contributed by atoms with Gasteiger partial charge in [0.2, 0.25) is 0 Å². The molecule has 0 atom stereocenters. The van der Waals surface area contributed by atoms with Crippen molar-refractivity contribution in [3.63, 3.8) is 0 Å². The maximum absolute atomic E-state index is 5.29. The second kappa shape index (κ2) is 14.3. The first-order valence-electron chi connectivity index (χ1n) is 19.5. The molecule has 6 aromatic carbocycles. The first-order chi connectivity index (χ1) is 28.4. The molecule has 6 heteroatoms. The van der Waals surface area contributed by atoms with E-state index in [9.17, 15) is 0 Å². The molecular weight excluding hydrogens is 709 g/mol. The van der Waals surface area contributed by atoms with Crippen LogP contribution in [-0.4, -0.2) is 29.9 Å². The monoisotopic (exact) mass is 746 g/mol. The highest BCUT2D eigenvalue weighted by atomic mass is 15.0. The van der Waals surface area contributed by atoms with Gasteiger partial charge in [-0.05, 0) is 41.0 Å². The van der Waals surface area contributed by atoms with E-state index in [1.54, 1.807) is 0 Å². The first-order valence-corrected chi connectivity index (χ1v) is 19.5. The predicted molar refractivity (Wildman–Crippen MR) is 237 cm³/mol. The van der Waals surface area contributed by atoms with E-state index in [4.69, 9.17) is 29.9 Å². The van der Waals surface area contributed by atoms with Crippen LogP contribution in [0.2, 0.25) is 0 Å². The molecule has 0 radical (unpaired) electrons. The van der Waals surface area contributed by atoms with Crippen LogP contribution in [0.15, 0.2) is 176 Å². The fourth-order valence-electron chi connectivity index (χ4n) is 7.58. The van der Waals surface area contributed by atoms with Crippen LogP contribution >= 0.6 is 0 Å². The Morgan fingerprint density at radius 1 is 0.362 bits per heavy atom. The number of pyridine rings is 3. The van der Waals surface area contributed by atoms with Gasteiger partial charge in [0.15, 0.2) is 17.5 Å². The van der Waals surface area contributed by atoms with Crippen LogP contribution in [0.25, 0.3) is 100 Å². The Hall–Kier alpha value is -7.44. The Kier molecular flexibility index (Phi) is 8.60. The Morgan fingerprint density at radius 3 is 1.69 bits per heavy atom. The highest BCUT2D eigenvalue weighted by Crippen LogP contribution is 2.37. The summed E-state index contributed by atoms with van der Waals surface area (Å²) >= 11 is 0. The van der Waals surface area contributed by atoms with Gasteiger partial charge in [-0.25, -0.2) is 24.9 Å². The summed E-state index contributed by atoms with van der Waals surface area (Å²) in [6.45, 7) is 6.63. The van der Waals surface area contributed by atoms with E-state index in [2.05, 4.69) is 154 Å². The normalized spacial score (nSPS) is 11.7. The fraction of sp³-hybridized carbons (Fsp3) is 0.0769. The average Bonchev–Trinajstić information content (AvgIpc) is 3.28. The van der Waals surface area contributed by atoms with Gasteiger partial charge in [0, 0.05) is 61.3 Å². The molecule has 0 bridgehead atoms. The van der Waals surface area contributed by atoms with Crippen LogP contribution in [0.5, 0.6) is 0 Å². The van der Waals surface area contributed by atoms with E-state index in [-0.39, 0.29) is 5.41 Å². The van der Waals surface area contributed by atoms with Crippen LogP contribution in [-0.2, 0) is 5.41 Å². The van der Waals surface area contributed by atoms with Crippen molar-refractivity contribution in [3.05, 3.63) is 182 Å². The van der Waals surface area contributed by atoms with Gasteiger partial charge in [-0.15, -0.1) is 0 Å². The van der Waals surface area contributed by atoms with E-state index in [0.717, 1.165) is 83.0 Å². The lowest BCUT2D eigenvalue weighted by Crippen LogP contribution is -2.14. The van der Waals surface area contributed by atoms with Crippen LogP contribution in [0.1, 0.15) is 26.5 Å². The van der Waals surface area contributed by atoms with E-state index >= 15 is 0 Å². The van der Waals surface area contributed by atoms with Crippen molar-refractivity contribution in [1.29, 1.82) is 0 Å². The smallest absolute Gasteiger partial charge is 0.164 e. The fourth-order valence-corrected chi connectivity index (χ4v) is 7.58. The minimum Gasteiger partial charge on any atom is -0.256 e. The summed E-state index contributed by atoms with van der Waals surface area (Å²) in [5, 5.41) is 3.24. The molecule has 0 N–H and O–H groups in total. The molecule has 10 aromatic rings. The first kappa shape index (κ1) is 35.0. The quantitative estimate of drug-likeness (QED) is 0.158. The Labute approximate surface area is 337 Å². The number of rotatable bonds is 6. The van der Waals surface area contributed by atoms with Gasteiger partial charge in [0.25, 0.3) is 0 Å². The van der Waals surface area contributed by atoms with Crippen LogP contribution in [0.4, 0.5) is 0 Å². The molecule has 4 heterocycles. The number of hydrogen-bond acceptors (Lipinski definition) is 6. The SMILES string of the molecule is CC(C)(C)c1cc(-c2ccccc2)c2ccc3ccc(-c4ccc(-c5nc(-c6ccccc6)nc(-c6cccc(-c7cccc8cccnc78)c6)n5)cc4)nc3c2n1. The average molecular weight is 747 g/mol. The van der Waals surface area contributed by atoms with Crippen LogP contribution < -0.4 is 0 Å². The van der Waals surface area contributed by atoms with Crippen molar-refractivity contribution in [2.24, 2.45) is 0 Å². The Morgan fingerprint density at radius 2 is 0.948 bits per heavy atom. The number of nitrogens with zero attached hydrogens (tertiary/aromatic N) is 6. The van der Waals surface area contributed by atoms with Gasteiger partial charge < -0.3 is 0 Å². The Balaban J connectivity index is 1.06. The minimum atomic E-state index is -0.139. The Bertz CT molecular complexity index is 3130. The van der Waals surface area contributed by atoms with Gasteiger partial charge >= 0.3 is 0 Å². The highest BCUT2D eigenvalue weighted by molar-refractivity contribution is 6.09. The highest BCUT2D eigenvalue weighted by Gasteiger charge is 2.21. The number of aromatic nitrogens is 6. The summed E-state index contributed by atoms with van der Waals surface area (Å²) in [4.78, 5) is 30.3. The second-order valence-electron chi connectivity index (χ2n) is 15.6. The van der Waals surface area contributed by atoms with E-state index in [1.165, 1.54) is 5.56 Å². The molecule has 0 amide bonds. The van der Waals surface area contributed by atoms with Gasteiger partial charge in [0.1, 0.15) is 0 Å². The molecule has 4 aromatic heterocycles. The molecular formula is C52H38N6. The summed E-state index contributed by atoms with van der Waals surface area (Å²) < 4.78 is 0. The summed E-state index contributed by atoms with van der Waals surface area (Å²) in [7, 11) is 0. The van der Waals surface area contributed by atoms with E-state index < -0.39 is 0 Å². The van der Waals surface area contributed by atoms with Crippen molar-refractivity contribution in [2.45, 2.75) is 26.2 Å². The van der Waals surface area contributed by atoms with Crippen molar-refractivity contribution in [2.75, 3.05) is 0 Å². The lowest BCUT2D eigenvalue weighted by molar-refractivity contribution is 0.572. The summed E-state index contributed by atoms with van der Waals surface area (Å²) in [5.41, 5.74) is 12.7. The number of para-hydroxylation sites is 1. The predicted octanol–water partition coefficient (Wildman–Crippen LogP) is 12.8. The third-order valence-electron chi connectivity index (χ3n) is 10.7. The summed E-state index contributed by atoms with van der Waals surface area (Å²) in [5.74, 6) is 1.81. The molecule has 276 valence electrons. The topological polar surface area (TPSA) is 77.3 Å². The zero-order chi connectivity index (χ0) is 39.2. The van der Waals surface area contributed by atoms with Gasteiger partial charge in [-0.2, -0.15) is 0 Å². The van der Waals surface area contributed by atoms with E-state index in [1.807, 2.05) is 42.6 Å². The standard InChI is InChI=1S/C52H38N6/c1-52(2,3)45-32-43(33-13-6-4-7-14-33)42-28-26-36-27-29-44(54-47(36)48(42)55-45)34-22-24-38(25-23-34)50-56-49(37-15-8-5-9-16-37)57-51(58-50)40-19-10-18-39(31-40)41-21-11-17-35-20-12-30-53-46(35)41/h4-32H,1-3H3. The number of hydrogen-bond donors (Lipinski definition) is 0. The molecule has 6 nitrogen and oxygen atoms in total. The molecule has 0 spiro atoms. The molecule has 0 aliphatic rings. The number of benzene rings is 6. The maximum atomic E-state index is 5.29. The van der Waals surface area contributed by atoms with Gasteiger partial charge in [0.05, 0.1) is 22.2 Å². The lowest BCUT2D eigenvalue weighted by Gasteiger charge is -2.21. The minimum absolute atomic E-state index is 0.139. The zero-order valence-corrected chi connectivity index (χ0v) is 32.4. The summed E-state index contributed by atoms with van der Waals surface area (Å²) in [6.07, 6.45) is 1.84.